The van der Waals surface area contributed by atoms with E-state index < -0.39 is 0 Å². The van der Waals surface area contributed by atoms with E-state index in [1.165, 1.54) is 38.5 Å². The van der Waals surface area contributed by atoms with Crippen LogP contribution >= 0.6 is 0 Å². The third kappa shape index (κ3) is 3.73. The van der Waals surface area contributed by atoms with Crippen LogP contribution in [0.5, 0.6) is 0 Å². The van der Waals surface area contributed by atoms with Gasteiger partial charge in [-0.15, -0.1) is 0 Å². The van der Waals surface area contributed by atoms with Crippen molar-refractivity contribution in [3.05, 3.63) is 11.7 Å². The van der Waals surface area contributed by atoms with Crippen molar-refractivity contribution in [1.82, 2.24) is 20.4 Å². The van der Waals surface area contributed by atoms with Crippen LogP contribution in [0.3, 0.4) is 0 Å². The van der Waals surface area contributed by atoms with Crippen molar-refractivity contribution in [2.75, 3.05) is 19.6 Å². The Balaban J connectivity index is 1.15. The number of nitrogens with zero attached hydrogens (tertiary/aromatic N) is 3. The first-order chi connectivity index (χ1) is 12.3. The Labute approximate surface area is 148 Å². The molecule has 0 spiro atoms. The maximum atomic E-state index is 12.5. The number of carbonyl (C=O) groups excluding carboxylic acids is 1. The average molecular weight is 344 g/mol. The molecule has 4 aliphatic rings. The molecule has 5 rings (SSSR count). The van der Waals surface area contributed by atoms with Crippen LogP contribution in [0, 0.1) is 11.8 Å². The number of piperidine rings is 1. The molecule has 0 aromatic carbocycles. The molecule has 0 unspecified atom stereocenters. The molecule has 1 N–H and O–H groups in total. The minimum atomic E-state index is 0.205. The molecule has 1 aliphatic heterocycles. The largest absolute Gasteiger partial charge is 0.352 e. The highest BCUT2D eigenvalue weighted by Crippen LogP contribution is 2.44. The molecule has 136 valence electrons. The summed E-state index contributed by atoms with van der Waals surface area (Å²) < 4.78 is 5.42. The summed E-state index contributed by atoms with van der Waals surface area (Å²) in [6.45, 7) is 2.38. The third-order valence-electron chi connectivity index (χ3n) is 6.21. The Morgan fingerprint density at radius 1 is 1.12 bits per heavy atom. The molecule has 6 heteroatoms. The van der Waals surface area contributed by atoms with Gasteiger partial charge in [-0.25, -0.2) is 0 Å². The third-order valence-corrected chi connectivity index (χ3v) is 6.21. The minimum Gasteiger partial charge on any atom is -0.352 e. The van der Waals surface area contributed by atoms with Gasteiger partial charge in [0.2, 0.25) is 11.8 Å². The van der Waals surface area contributed by atoms with E-state index in [2.05, 4.69) is 20.4 Å². The second-order valence-corrected chi connectivity index (χ2v) is 8.61. The summed E-state index contributed by atoms with van der Waals surface area (Å²) in [4.78, 5) is 19.4. The van der Waals surface area contributed by atoms with Crippen molar-refractivity contribution in [2.45, 2.75) is 69.2 Å². The molecule has 1 saturated heterocycles. The van der Waals surface area contributed by atoms with Gasteiger partial charge in [-0.05, 0) is 69.7 Å². The topological polar surface area (TPSA) is 71.3 Å². The summed E-state index contributed by atoms with van der Waals surface area (Å²) in [5.41, 5.74) is 0. The van der Waals surface area contributed by atoms with E-state index in [0.717, 1.165) is 49.5 Å². The molecule has 0 radical (unpaired) electrons. The zero-order chi connectivity index (χ0) is 16.8. The zero-order valence-corrected chi connectivity index (χ0v) is 14.8. The van der Waals surface area contributed by atoms with Gasteiger partial charge in [0, 0.05) is 24.4 Å². The number of rotatable bonds is 7. The molecule has 2 heterocycles. The first-order valence-corrected chi connectivity index (χ1v) is 10.1. The summed E-state index contributed by atoms with van der Waals surface area (Å²) in [6.07, 6.45) is 9.75. The number of hydrogen-bond acceptors (Lipinski definition) is 5. The zero-order valence-electron chi connectivity index (χ0n) is 14.8. The molecular formula is C19H28N4O2. The van der Waals surface area contributed by atoms with Gasteiger partial charge in [0.25, 0.3) is 0 Å². The van der Waals surface area contributed by atoms with Crippen LogP contribution in [0.4, 0.5) is 0 Å². The van der Waals surface area contributed by atoms with Gasteiger partial charge in [-0.1, -0.05) is 5.16 Å². The van der Waals surface area contributed by atoms with Gasteiger partial charge in [0.1, 0.15) is 0 Å². The average Bonchev–Trinajstić information content (AvgIpc) is 3.47. The lowest BCUT2D eigenvalue weighted by Gasteiger charge is -2.31. The molecule has 3 saturated carbocycles. The maximum Gasteiger partial charge on any atom is 0.234 e. The standard InChI is InChI=1S/C19H28N4O2/c24-16(20-17(12-3-4-12)13-5-6-13)11-23-9-1-2-15(10-23)18-21-19(25-22-18)14-7-8-14/h12-15,17H,1-11H2,(H,20,24)/t15-/m1/s1. The van der Waals surface area contributed by atoms with Crippen LogP contribution in [0.2, 0.25) is 0 Å². The molecule has 6 nitrogen and oxygen atoms in total. The van der Waals surface area contributed by atoms with Crippen molar-refractivity contribution in [3.63, 3.8) is 0 Å². The molecule has 25 heavy (non-hydrogen) atoms. The molecule has 3 aliphatic carbocycles. The van der Waals surface area contributed by atoms with Gasteiger partial charge in [0.15, 0.2) is 5.82 Å². The van der Waals surface area contributed by atoms with Crippen molar-refractivity contribution >= 4 is 5.91 Å². The Bertz CT molecular complexity index is 621. The Kier molecular flexibility index (Phi) is 4.03. The van der Waals surface area contributed by atoms with Crippen LogP contribution < -0.4 is 5.32 Å². The van der Waals surface area contributed by atoms with Gasteiger partial charge in [-0.3, -0.25) is 9.69 Å². The van der Waals surface area contributed by atoms with E-state index in [0.29, 0.717) is 24.4 Å². The smallest absolute Gasteiger partial charge is 0.234 e. The first kappa shape index (κ1) is 15.8. The SMILES string of the molecule is O=C(CN1CCC[C@@H](c2noc(C3CC3)n2)C1)NC(C1CC1)C1CC1. The maximum absolute atomic E-state index is 12.5. The molecule has 1 aromatic rings. The monoisotopic (exact) mass is 344 g/mol. The summed E-state index contributed by atoms with van der Waals surface area (Å²) in [6, 6.07) is 0.450. The fraction of sp³-hybridized carbons (Fsp3) is 0.842. The van der Waals surface area contributed by atoms with E-state index in [1.54, 1.807) is 0 Å². The van der Waals surface area contributed by atoms with Crippen molar-refractivity contribution in [3.8, 4) is 0 Å². The lowest BCUT2D eigenvalue weighted by atomic mass is 9.97. The highest BCUT2D eigenvalue weighted by molar-refractivity contribution is 5.78. The van der Waals surface area contributed by atoms with E-state index in [9.17, 15) is 4.79 Å². The molecule has 1 atom stereocenters. The van der Waals surface area contributed by atoms with Crippen LogP contribution in [0.15, 0.2) is 4.52 Å². The summed E-state index contributed by atoms with van der Waals surface area (Å²) in [5.74, 6) is 4.20. The Morgan fingerprint density at radius 3 is 2.56 bits per heavy atom. The molecule has 1 aromatic heterocycles. The molecule has 1 amide bonds. The minimum absolute atomic E-state index is 0.205. The van der Waals surface area contributed by atoms with Crippen LogP contribution in [0.25, 0.3) is 0 Å². The van der Waals surface area contributed by atoms with Crippen molar-refractivity contribution in [2.24, 2.45) is 11.8 Å². The van der Waals surface area contributed by atoms with Crippen LogP contribution in [0.1, 0.15) is 74.9 Å². The lowest BCUT2D eigenvalue weighted by molar-refractivity contribution is -0.123. The van der Waals surface area contributed by atoms with E-state index in [-0.39, 0.29) is 5.91 Å². The van der Waals surface area contributed by atoms with E-state index in [1.807, 2.05) is 0 Å². The number of likely N-dealkylation sites (tertiary alicyclic amines) is 1. The second kappa shape index (κ2) is 6.38. The normalized spacial score (nSPS) is 27.6. The summed E-state index contributed by atoms with van der Waals surface area (Å²) >= 11 is 0. The lowest BCUT2D eigenvalue weighted by Crippen LogP contribution is -2.46. The van der Waals surface area contributed by atoms with Gasteiger partial charge < -0.3 is 9.84 Å². The number of hydrogen-bond donors (Lipinski definition) is 1. The van der Waals surface area contributed by atoms with Gasteiger partial charge in [0.05, 0.1) is 6.54 Å². The number of nitrogens with one attached hydrogen (secondary N) is 1. The number of amides is 1. The predicted molar refractivity (Wildman–Crippen MR) is 92.1 cm³/mol. The van der Waals surface area contributed by atoms with Crippen LogP contribution in [-0.4, -0.2) is 46.6 Å². The highest BCUT2D eigenvalue weighted by atomic mass is 16.5. The van der Waals surface area contributed by atoms with Gasteiger partial charge in [-0.2, -0.15) is 4.98 Å². The molecule has 4 fully saturated rings. The molecular weight excluding hydrogens is 316 g/mol. The quantitative estimate of drug-likeness (QED) is 0.822. The summed E-state index contributed by atoms with van der Waals surface area (Å²) in [7, 11) is 0. The molecule has 0 bridgehead atoms. The van der Waals surface area contributed by atoms with E-state index >= 15 is 0 Å². The Hall–Kier alpha value is -1.43. The second-order valence-electron chi connectivity index (χ2n) is 8.61. The summed E-state index contributed by atoms with van der Waals surface area (Å²) in [5, 5.41) is 7.55. The van der Waals surface area contributed by atoms with Crippen LogP contribution in [-0.2, 0) is 4.79 Å². The Morgan fingerprint density at radius 2 is 1.88 bits per heavy atom. The first-order valence-electron chi connectivity index (χ1n) is 10.1. The van der Waals surface area contributed by atoms with E-state index in [4.69, 9.17) is 4.52 Å². The fourth-order valence-corrected chi connectivity index (χ4v) is 4.28. The fourth-order valence-electron chi connectivity index (χ4n) is 4.28. The number of aromatic nitrogens is 2. The van der Waals surface area contributed by atoms with Gasteiger partial charge >= 0.3 is 0 Å². The predicted octanol–water partition coefficient (Wildman–Crippen LogP) is 2.43. The number of carbonyl (C=O) groups is 1. The van der Waals surface area contributed by atoms with Crippen molar-refractivity contribution in [1.29, 1.82) is 0 Å². The van der Waals surface area contributed by atoms with Crippen molar-refractivity contribution < 1.29 is 9.32 Å². The highest BCUT2D eigenvalue weighted by Gasteiger charge is 2.42.